The van der Waals surface area contributed by atoms with Crippen molar-refractivity contribution in [1.82, 2.24) is 69.2 Å². The highest BCUT2D eigenvalue weighted by Crippen LogP contribution is 2.49. The molecule has 6 aromatic heterocycles. The Balaban J connectivity index is 0.000000139. The van der Waals surface area contributed by atoms with Gasteiger partial charge in [0, 0.05) is 77.1 Å². The standard InChI is InChI=1S/2C22H28N8O/c2*1-15-5-12-29(14-16(15)19(31)28-9-2-3-10-28)21-23-13-17-18(27-21)26-20(25-17)22(6-7-22)30-11-4-8-24-30/h2*4,8,11,13,15-16H,2-3,5-7,9-10,12,14H2,1H3,(H,23,25,26,27)/t2*15-,16+/m10/s1. The first-order chi connectivity index (χ1) is 30.3. The van der Waals surface area contributed by atoms with Gasteiger partial charge < -0.3 is 29.6 Å². The fourth-order valence-corrected chi connectivity index (χ4v) is 10.3. The van der Waals surface area contributed by atoms with Crippen LogP contribution in [-0.4, -0.2) is 133 Å². The van der Waals surface area contributed by atoms with Crippen LogP contribution in [0.3, 0.4) is 0 Å². The first-order valence-corrected chi connectivity index (χ1v) is 22.8. The normalized spacial score (nSPS) is 25.3. The van der Waals surface area contributed by atoms with Crippen LogP contribution in [0, 0.1) is 23.7 Å². The average Bonchev–Trinajstić information content (AvgIpc) is 3.87. The van der Waals surface area contributed by atoms with Crippen LogP contribution in [0.2, 0.25) is 0 Å². The van der Waals surface area contributed by atoms with Crippen LogP contribution in [-0.2, 0) is 20.7 Å². The first kappa shape index (κ1) is 38.9. The Bertz CT molecular complexity index is 2370. The van der Waals surface area contributed by atoms with Crippen LogP contribution in [0.1, 0.15) is 89.7 Å². The predicted octanol–water partition coefficient (Wildman–Crippen LogP) is 4.34. The summed E-state index contributed by atoms with van der Waals surface area (Å²) in [7, 11) is 0. The number of aromatic nitrogens is 12. The molecule has 4 saturated heterocycles. The summed E-state index contributed by atoms with van der Waals surface area (Å²) in [6, 6.07) is 3.88. The number of aromatic amines is 2. The molecular formula is C44H56N16O2. The molecule has 2 aliphatic carbocycles. The van der Waals surface area contributed by atoms with Crippen LogP contribution in [0.15, 0.2) is 49.3 Å². The minimum atomic E-state index is -0.182. The molecular weight excluding hydrogens is 785 g/mol. The number of nitrogens with one attached hydrogen (secondary N) is 2. The summed E-state index contributed by atoms with van der Waals surface area (Å²) >= 11 is 0. The van der Waals surface area contributed by atoms with Crippen molar-refractivity contribution in [2.75, 3.05) is 62.2 Å². The molecule has 18 nitrogen and oxygen atoms in total. The van der Waals surface area contributed by atoms with Crippen molar-refractivity contribution >= 4 is 46.0 Å². The topological polar surface area (TPSA) is 192 Å². The molecule has 324 valence electrons. The van der Waals surface area contributed by atoms with E-state index in [-0.39, 0.29) is 22.9 Å². The van der Waals surface area contributed by atoms with Gasteiger partial charge in [-0.05, 0) is 88.2 Å². The van der Waals surface area contributed by atoms with Crippen molar-refractivity contribution in [2.24, 2.45) is 23.7 Å². The van der Waals surface area contributed by atoms with Gasteiger partial charge >= 0.3 is 0 Å². The van der Waals surface area contributed by atoms with Gasteiger partial charge in [0.05, 0.1) is 24.2 Å². The van der Waals surface area contributed by atoms with Gasteiger partial charge in [0.25, 0.3) is 0 Å². The summed E-state index contributed by atoms with van der Waals surface area (Å²) in [6.07, 6.45) is 21.7. The van der Waals surface area contributed by atoms with Crippen LogP contribution in [0.5, 0.6) is 0 Å². The Morgan fingerprint density at radius 3 is 1.39 bits per heavy atom. The summed E-state index contributed by atoms with van der Waals surface area (Å²) < 4.78 is 3.97. The second kappa shape index (κ2) is 15.4. The predicted molar refractivity (Wildman–Crippen MR) is 231 cm³/mol. The molecule has 0 radical (unpaired) electrons. The fraction of sp³-hybridized carbons (Fsp3) is 0.591. The number of hydrogen-bond donors (Lipinski definition) is 2. The molecule has 2 N–H and O–H groups in total. The third-order valence-electron chi connectivity index (χ3n) is 14.6. The Morgan fingerprint density at radius 1 is 0.597 bits per heavy atom. The van der Waals surface area contributed by atoms with E-state index in [2.05, 4.69) is 53.8 Å². The van der Waals surface area contributed by atoms with E-state index >= 15 is 0 Å². The summed E-state index contributed by atoms with van der Waals surface area (Å²) in [5.74, 6) is 4.51. The molecule has 62 heavy (non-hydrogen) atoms. The molecule has 0 bridgehead atoms. The Labute approximate surface area is 359 Å². The second-order valence-electron chi connectivity index (χ2n) is 18.7. The smallest absolute Gasteiger partial charge is 0.227 e. The number of fused-ring (bicyclic) bond motifs is 2. The van der Waals surface area contributed by atoms with E-state index in [9.17, 15) is 9.59 Å². The molecule has 0 unspecified atom stereocenters. The Hall–Kier alpha value is -5.94. The van der Waals surface area contributed by atoms with E-state index in [1.807, 2.05) is 56.1 Å². The van der Waals surface area contributed by atoms with Crippen LogP contribution >= 0.6 is 0 Å². The lowest BCUT2D eigenvalue weighted by Gasteiger charge is -2.37. The molecule has 6 aromatic rings. The van der Waals surface area contributed by atoms with E-state index in [0.29, 0.717) is 59.9 Å². The van der Waals surface area contributed by atoms with E-state index < -0.39 is 0 Å². The summed E-state index contributed by atoms with van der Waals surface area (Å²) in [6.45, 7) is 11.1. The monoisotopic (exact) mass is 840 g/mol. The third kappa shape index (κ3) is 6.94. The highest BCUT2D eigenvalue weighted by molar-refractivity contribution is 5.81. The van der Waals surface area contributed by atoms with Gasteiger partial charge in [0.15, 0.2) is 11.3 Å². The number of likely N-dealkylation sites (tertiary alicyclic amines) is 2. The number of carbonyl (C=O) groups is 2. The van der Waals surface area contributed by atoms with Crippen LogP contribution < -0.4 is 9.80 Å². The molecule has 4 aliphatic heterocycles. The highest BCUT2D eigenvalue weighted by atomic mass is 16.2. The molecule has 12 rings (SSSR count). The van der Waals surface area contributed by atoms with Crippen molar-refractivity contribution in [2.45, 2.75) is 89.1 Å². The van der Waals surface area contributed by atoms with Crippen molar-refractivity contribution < 1.29 is 9.59 Å². The van der Waals surface area contributed by atoms with E-state index in [0.717, 1.165) is 126 Å². The van der Waals surface area contributed by atoms with Gasteiger partial charge in [-0.3, -0.25) is 19.0 Å². The average molecular weight is 841 g/mol. The summed E-state index contributed by atoms with van der Waals surface area (Å²) in [4.78, 5) is 69.8. The quantitative estimate of drug-likeness (QED) is 0.221. The molecule has 0 aromatic carbocycles. The zero-order valence-corrected chi connectivity index (χ0v) is 35.7. The number of anilines is 2. The molecule has 10 heterocycles. The summed E-state index contributed by atoms with van der Waals surface area (Å²) in [5, 5.41) is 8.86. The number of imidazole rings is 2. The van der Waals surface area contributed by atoms with E-state index in [4.69, 9.17) is 19.9 Å². The molecule has 4 atom stereocenters. The number of carbonyl (C=O) groups excluding carboxylic acids is 2. The first-order valence-electron chi connectivity index (χ1n) is 22.8. The van der Waals surface area contributed by atoms with Gasteiger partial charge in [-0.2, -0.15) is 20.2 Å². The Morgan fingerprint density at radius 2 is 1.02 bits per heavy atom. The maximum Gasteiger partial charge on any atom is 0.227 e. The van der Waals surface area contributed by atoms with Crippen LogP contribution in [0.25, 0.3) is 22.3 Å². The van der Waals surface area contributed by atoms with Crippen molar-refractivity contribution in [3.63, 3.8) is 0 Å². The fourth-order valence-electron chi connectivity index (χ4n) is 10.3. The van der Waals surface area contributed by atoms with Gasteiger partial charge in [-0.25, -0.2) is 19.9 Å². The largest absolute Gasteiger partial charge is 0.342 e. The number of amides is 2. The lowest BCUT2D eigenvalue weighted by Crippen LogP contribution is -2.48. The van der Waals surface area contributed by atoms with Crippen molar-refractivity contribution in [3.05, 3.63) is 61.0 Å². The van der Waals surface area contributed by atoms with E-state index in [1.165, 1.54) is 0 Å². The maximum absolute atomic E-state index is 13.1. The zero-order valence-electron chi connectivity index (χ0n) is 35.7. The van der Waals surface area contributed by atoms with E-state index in [1.54, 1.807) is 12.4 Å². The third-order valence-corrected chi connectivity index (χ3v) is 14.6. The maximum atomic E-state index is 13.1. The molecule has 6 fully saturated rings. The number of piperidine rings is 2. The molecule has 18 heteroatoms. The SMILES string of the molecule is C[C@@H]1CCN(c2ncc3[nH]c(C4(n5cccn5)CC4)nc3n2)C[C@@H]1C(=O)N1CCCC1.C[C@H]1CCN(c2ncc3[nH]c(C4(n5cccn5)CC4)nc3n2)C[C@H]1C(=O)N1CCCC1. The van der Waals surface area contributed by atoms with Gasteiger partial charge in [0.1, 0.15) is 33.8 Å². The van der Waals surface area contributed by atoms with Crippen molar-refractivity contribution in [3.8, 4) is 0 Å². The summed E-state index contributed by atoms with van der Waals surface area (Å²) in [5.41, 5.74) is 2.68. The molecule has 0 spiro atoms. The Kier molecular flexibility index (Phi) is 9.70. The zero-order chi connectivity index (χ0) is 42.0. The van der Waals surface area contributed by atoms with Crippen LogP contribution in [0.4, 0.5) is 11.9 Å². The van der Waals surface area contributed by atoms with Crippen molar-refractivity contribution in [1.29, 1.82) is 0 Å². The highest BCUT2D eigenvalue weighted by Gasteiger charge is 2.51. The van der Waals surface area contributed by atoms with Gasteiger partial charge in [0.2, 0.25) is 23.7 Å². The number of rotatable bonds is 8. The lowest BCUT2D eigenvalue weighted by molar-refractivity contribution is -0.137. The molecule has 6 aliphatic rings. The minimum absolute atomic E-state index is 0.00967. The second-order valence-corrected chi connectivity index (χ2v) is 18.7. The molecule has 2 amide bonds. The minimum Gasteiger partial charge on any atom is -0.342 e. The van der Waals surface area contributed by atoms with Gasteiger partial charge in [-0.1, -0.05) is 13.8 Å². The number of hydrogen-bond acceptors (Lipinski definition) is 12. The number of H-pyrrole nitrogens is 2. The van der Waals surface area contributed by atoms with Gasteiger partial charge in [-0.15, -0.1) is 0 Å². The number of nitrogens with zero attached hydrogens (tertiary/aromatic N) is 14. The lowest BCUT2D eigenvalue weighted by atomic mass is 9.86. The molecule has 2 saturated carbocycles.